The van der Waals surface area contributed by atoms with E-state index in [1.165, 1.54) is 17.4 Å². The predicted molar refractivity (Wildman–Crippen MR) is 69.2 cm³/mol. The van der Waals surface area contributed by atoms with Crippen LogP contribution in [-0.4, -0.2) is 12.0 Å². The van der Waals surface area contributed by atoms with Crippen molar-refractivity contribution in [3.63, 3.8) is 0 Å². The van der Waals surface area contributed by atoms with Crippen molar-refractivity contribution in [3.05, 3.63) is 51.5 Å². The number of nitrogens with zero attached hydrogens (tertiary/aromatic N) is 1. The van der Waals surface area contributed by atoms with E-state index in [1.807, 2.05) is 12.3 Å². The van der Waals surface area contributed by atoms with Crippen LogP contribution >= 0.6 is 11.3 Å². The summed E-state index contributed by atoms with van der Waals surface area (Å²) in [7, 11) is 1.71. The summed E-state index contributed by atoms with van der Waals surface area (Å²) in [6.45, 7) is 1.86. The smallest absolute Gasteiger partial charge is 0.307 e. The fraction of sp³-hybridized carbons (Fsp3) is 0.308. The van der Waals surface area contributed by atoms with Crippen molar-refractivity contribution in [2.45, 2.75) is 19.1 Å². The number of hydrogen-bond acceptors (Lipinski definition) is 3. The highest BCUT2D eigenvalue weighted by Gasteiger charge is 2.31. The van der Waals surface area contributed by atoms with Crippen molar-refractivity contribution in [2.24, 2.45) is 0 Å². The van der Waals surface area contributed by atoms with Crippen LogP contribution in [0, 0.1) is 6.92 Å². The monoisotopic (exact) mass is 286 g/mol. The Morgan fingerprint density at radius 2 is 2.05 bits per heavy atom. The zero-order valence-corrected chi connectivity index (χ0v) is 11.3. The summed E-state index contributed by atoms with van der Waals surface area (Å²) in [4.78, 5) is 4.32. The molecule has 1 aromatic heterocycles. The van der Waals surface area contributed by atoms with E-state index in [-0.39, 0.29) is 6.04 Å². The second-order valence-corrected chi connectivity index (χ2v) is 5.06. The van der Waals surface area contributed by atoms with Gasteiger partial charge >= 0.3 is 6.18 Å². The van der Waals surface area contributed by atoms with Crippen molar-refractivity contribution in [3.8, 4) is 0 Å². The number of hydrogen-bond donors (Lipinski definition) is 1. The largest absolute Gasteiger partial charge is 0.416 e. The molecule has 1 aromatic carbocycles. The van der Waals surface area contributed by atoms with Gasteiger partial charge in [-0.25, -0.2) is 4.98 Å². The molecule has 0 aliphatic carbocycles. The Bertz CT molecular complexity index is 563. The first-order chi connectivity index (χ1) is 8.91. The van der Waals surface area contributed by atoms with Crippen LogP contribution in [0.2, 0.25) is 0 Å². The lowest BCUT2D eigenvalue weighted by Crippen LogP contribution is -2.18. The van der Waals surface area contributed by atoms with Gasteiger partial charge in [0.2, 0.25) is 0 Å². The van der Waals surface area contributed by atoms with Crippen LogP contribution in [0.25, 0.3) is 0 Å². The van der Waals surface area contributed by atoms with Crippen molar-refractivity contribution >= 4 is 11.3 Å². The summed E-state index contributed by atoms with van der Waals surface area (Å²) in [5.74, 6) is 0. The molecule has 102 valence electrons. The number of nitrogens with one attached hydrogen (secondary N) is 1. The Balaban J connectivity index is 2.39. The number of rotatable bonds is 3. The molecule has 0 amide bonds. The van der Waals surface area contributed by atoms with Gasteiger partial charge in [0.15, 0.2) is 0 Å². The quantitative estimate of drug-likeness (QED) is 0.929. The molecule has 0 fully saturated rings. The van der Waals surface area contributed by atoms with E-state index in [2.05, 4.69) is 10.3 Å². The van der Waals surface area contributed by atoms with Crippen molar-refractivity contribution in [2.75, 3.05) is 7.05 Å². The lowest BCUT2D eigenvalue weighted by molar-refractivity contribution is -0.137. The van der Waals surface area contributed by atoms with E-state index in [0.29, 0.717) is 5.56 Å². The number of aromatic nitrogens is 1. The Morgan fingerprint density at radius 3 is 2.58 bits per heavy atom. The van der Waals surface area contributed by atoms with Crippen LogP contribution < -0.4 is 5.32 Å². The minimum absolute atomic E-state index is 0.319. The van der Waals surface area contributed by atoms with Gasteiger partial charge in [-0.15, -0.1) is 11.3 Å². The molecule has 6 heteroatoms. The molecule has 0 spiro atoms. The molecule has 0 saturated heterocycles. The summed E-state index contributed by atoms with van der Waals surface area (Å²) in [6, 6.07) is 5.01. The van der Waals surface area contributed by atoms with E-state index in [4.69, 9.17) is 0 Å². The molecule has 0 aliphatic heterocycles. The number of aryl methyl sites for hydroxylation is 1. The van der Waals surface area contributed by atoms with Gasteiger partial charge in [-0.3, -0.25) is 0 Å². The lowest BCUT2D eigenvalue weighted by atomic mass is 10.0. The number of thiazole rings is 1. The third kappa shape index (κ3) is 3.13. The van der Waals surface area contributed by atoms with Crippen molar-refractivity contribution in [1.29, 1.82) is 0 Å². The van der Waals surface area contributed by atoms with Gasteiger partial charge < -0.3 is 5.32 Å². The Labute approximate surface area is 113 Å². The highest BCUT2D eigenvalue weighted by molar-refractivity contribution is 7.09. The van der Waals surface area contributed by atoms with E-state index >= 15 is 0 Å². The summed E-state index contributed by atoms with van der Waals surface area (Å²) in [6.07, 6.45) is -4.33. The molecule has 1 heterocycles. The van der Waals surface area contributed by atoms with E-state index in [0.717, 1.165) is 22.8 Å². The molecule has 19 heavy (non-hydrogen) atoms. The van der Waals surface area contributed by atoms with Gasteiger partial charge in [-0.05, 0) is 31.7 Å². The van der Waals surface area contributed by atoms with Gasteiger partial charge in [0.05, 0.1) is 11.6 Å². The Hall–Kier alpha value is -1.40. The first-order valence-corrected chi connectivity index (χ1v) is 6.56. The maximum Gasteiger partial charge on any atom is 0.416 e. The molecule has 0 aliphatic rings. The summed E-state index contributed by atoms with van der Waals surface area (Å²) in [5, 5.41) is 5.65. The van der Waals surface area contributed by atoms with Gasteiger partial charge in [0.25, 0.3) is 0 Å². The molecule has 1 N–H and O–H groups in total. The van der Waals surface area contributed by atoms with Gasteiger partial charge in [-0.2, -0.15) is 13.2 Å². The lowest BCUT2D eigenvalue weighted by Gasteiger charge is -2.16. The van der Waals surface area contributed by atoms with Crippen LogP contribution in [0.15, 0.2) is 29.6 Å². The molecular formula is C13H13F3N2S. The van der Waals surface area contributed by atoms with Gasteiger partial charge in [0.1, 0.15) is 5.01 Å². The summed E-state index contributed by atoms with van der Waals surface area (Å²) >= 11 is 1.44. The first-order valence-electron chi connectivity index (χ1n) is 5.68. The van der Waals surface area contributed by atoms with Crippen LogP contribution in [0.1, 0.15) is 27.9 Å². The Morgan fingerprint density at radius 1 is 1.32 bits per heavy atom. The topological polar surface area (TPSA) is 24.9 Å². The average molecular weight is 286 g/mol. The molecule has 1 unspecified atom stereocenters. The predicted octanol–water partition coefficient (Wildman–Crippen LogP) is 3.78. The summed E-state index contributed by atoms with van der Waals surface area (Å²) < 4.78 is 38.1. The van der Waals surface area contributed by atoms with E-state index in [9.17, 15) is 13.2 Å². The van der Waals surface area contributed by atoms with Gasteiger partial charge in [-0.1, -0.05) is 12.1 Å². The minimum atomic E-state index is -4.33. The standard InChI is InChI=1S/C13H13F3N2S/c1-8-7-19-12(18-8)11(17-2)9-4-3-5-10(6-9)13(14,15)16/h3-7,11,17H,1-2H3. The molecule has 2 nitrogen and oxygen atoms in total. The number of benzene rings is 1. The molecule has 0 saturated carbocycles. The van der Waals surface area contributed by atoms with Crippen molar-refractivity contribution < 1.29 is 13.2 Å². The zero-order chi connectivity index (χ0) is 14.0. The molecule has 2 aromatic rings. The van der Waals surface area contributed by atoms with Crippen LogP contribution in [0.5, 0.6) is 0 Å². The first kappa shape index (κ1) is 14.0. The molecule has 0 radical (unpaired) electrons. The van der Waals surface area contributed by atoms with Gasteiger partial charge in [0, 0.05) is 11.1 Å². The Kier molecular flexibility index (Phi) is 3.91. The van der Waals surface area contributed by atoms with Crippen LogP contribution in [0.4, 0.5) is 13.2 Å². The van der Waals surface area contributed by atoms with E-state index < -0.39 is 11.7 Å². The molecule has 2 rings (SSSR count). The maximum absolute atomic E-state index is 12.7. The molecule has 0 bridgehead atoms. The highest BCUT2D eigenvalue weighted by atomic mass is 32.1. The fourth-order valence-electron chi connectivity index (χ4n) is 1.83. The zero-order valence-electron chi connectivity index (χ0n) is 10.5. The SMILES string of the molecule is CNC(c1cccc(C(F)(F)F)c1)c1nc(C)cs1. The van der Waals surface area contributed by atoms with Crippen LogP contribution in [0.3, 0.4) is 0 Å². The average Bonchev–Trinajstić information content (AvgIpc) is 2.76. The maximum atomic E-state index is 12.7. The minimum Gasteiger partial charge on any atom is -0.307 e. The fourth-order valence-corrected chi connectivity index (χ4v) is 2.76. The second kappa shape index (κ2) is 5.30. The van der Waals surface area contributed by atoms with Crippen molar-refractivity contribution in [1.82, 2.24) is 10.3 Å². The molecule has 1 atom stereocenters. The third-order valence-electron chi connectivity index (χ3n) is 2.72. The normalized spacial score (nSPS) is 13.5. The number of halogens is 3. The van der Waals surface area contributed by atoms with E-state index in [1.54, 1.807) is 13.1 Å². The molecular weight excluding hydrogens is 273 g/mol. The van der Waals surface area contributed by atoms with Crippen LogP contribution in [-0.2, 0) is 6.18 Å². The highest BCUT2D eigenvalue weighted by Crippen LogP contribution is 2.32. The summed E-state index contributed by atoms with van der Waals surface area (Å²) in [5.41, 5.74) is 0.789. The third-order valence-corrected chi connectivity index (χ3v) is 3.75. The number of alkyl halides is 3. The second-order valence-electron chi connectivity index (χ2n) is 4.17.